The van der Waals surface area contributed by atoms with Gasteiger partial charge in [0.25, 0.3) is 0 Å². The largest absolute Gasteiger partial charge is 0.316 e. The van der Waals surface area contributed by atoms with Crippen molar-refractivity contribution in [2.24, 2.45) is 5.92 Å². The van der Waals surface area contributed by atoms with E-state index in [1.165, 1.54) is 6.07 Å². The number of rotatable bonds is 8. The topological polar surface area (TPSA) is 24.1 Å². The highest BCUT2D eigenvalue weighted by Crippen LogP contribution is 2.15. The fourth-order valence-electron chi connectivity index (χ4n) is 1.61. The van der Waals surface area contributed by atoms with Crippen LogP contribution in [-0.4, -0.2) is 19.6 Å². The summed E-state index contributed by atoms with van der Waals surface area (Å²) in [6, 6.07) is 4.83. The molecule has 1 aromatic rings. The van der Waals surface area contributed by atoms with Crippen LogP contribution in [0.2, 0.25) is 5.02 Å². The molecule has 0 aliphatic carbocycles. The van der Waals surface area contributed by atoms with Gasteiger partial charge in [0, 0.05) is 6.54 Å². The fourth-order valence-corrected chi connectivity index (χ4v) is 1.81. The van der Waals surface area contributed by atoms with E-state index in [9.17, 15) is 4.39 Å². The lowest BCUT2D eigenvalue weighted by atomic mass is 10.2. The number of benzene rings is 1. The maximum Gasteiger partial charge on any atom is 0.141 e. The van der Waals surface area contributed by atoms with E-state index in [-0.39, 0.29) is 10.8 Å². The zero-order valence-corrected chi connectivity index (χ0v) is 11.9. The van der Waals surface area contributed by atoms with E-state index in [4.69, 9.17) is 11.6 Å². The summed E-state index contributed by atoms with van der Waals surface area (Å²) in [5.41, 5.74) is 1.01. The summed E-state index contributed by atoms with van der Waals surface area (Å²) in [7, 11) is 0. The van der Waals surface area contributed by atoms with Crippen LogP contribution in [0.3, 0.4) is 0 Å². The van der Waals surface area contributed by atoms with E-state index < -0.39 is 0 Å². The van der Waals surface area contributed by atoms with Crippen molar-refractivity contribution in [2.75, 3.05) is 19.6 Å². The first kappa shape index (κ1) is 15.4. The lowest BCUT2D eigenvalue weighted by Crippen LogP contribution is -2.24. The maximum atomic E-state index is 12.9. The van der Waals surface area contributed by atoms with Crippen molar-refractivity contribution in [1.82, 2.24) is 10.6 Å². The molecule has 0 radical (unpaired) electrons. The van der Waals surface area contributed by atoms with Gasteiger partial charge in [-0.05, 0) is 49.7 Å². The number of hydrogen-bond donors (Lipinski definition) is 2. The Morgan fingerprint density at radius 3 is 2.61 bits per heavy atom. The minimum Gasteiger partial charge on any atom is -0.316 e. The van der Waals surface area contributed by atoms with Crippen molar-refractivity contribution >= 4 is 11.6 Å². The van der Waals surface area contributed by atoms with Crippen LogP contribution in [0.5, 0.6) is 0 Å². The van der Waals surface area contributed by atoms with Crippen LogP contribution in [0, 0.1) is 11.7 Å². The van der Waals surface area contributed by atoms with E-state index in [0.29, 0.717) is 5.92 Å². The molecule has 0 aliphatic rings. The van der Waals surface area contributed by atoms with Gasteiger partial charge in [0.1, 0.15) is 5.82 Å². The second-order valence-electron chi connectivity index (χ2n) is 4.88. The van der Waals surface area contributed by atoms with Gasteiger partial charge in [-0.25, -0.2) is 4.39 Å². The van der Waals surface area contributed by atoms with Crippen LogP contribution in [0.1, 0.15) is 25.8 Å². The zero-order valence-electron chi connectivity index (χ0n) is 11.1. The molecule has 0 bridgehead atoms. The molecule has 18 heavy (non-hydrogen) atoms. The van der Waals surface area contributed by atoms with Crippen LogP contribution >= 0.6 is 11.6 Å². The molecule has 4 heteroatoms. The Morgan fingerprint density at radius 2 is 1.94 bits per heavy atom. The Kier molecular flexibility index (Phi) is 7.25. The average Bonchev–Trinajstić information content (AvgIpc) is 2.32. The highest BCUT2D eigenvalue weighted by molar-refractivity contribution is 6.30. The Balaban J connectivity index is 2.09. The Bertz CT molecular complexity index is 356. The van der Waals surface area contributed by atoms with Gasteiger partial charge in [0.15, 0.2) is 0 Å². The Labute approximate surface area is 114 Å². The van der Waals surface area contributed by atoms with E-state index >= 15 is 0 Å². The third-order valence-electron chi connectivity index (χ3n) is 2.57. The summed E-state index contributed by atoms with van der Waals surface area (Å²) in [5, 5.41) is 6.89. The summed E-state index contributed by atoms with van der Waals surface area (Å²) >= 11 is 5.71. The van der Waals surface area contributed by atoms with Crippen molar-refractivity contribution in [1.29, 1.82) is 0 Å². The number of nitrogens with one attached hydrogen (secondary N) is 2. The molecule has 2 nitrogen and oxygen atoms in total. The third-order valence-corrected chi connectivity index (χ3v) is 2.86. The van der Waals surface area contributed by atoms with Gasteiger partial charge in [0.2, 0.25) is 0 Å². The molecule has 0 saturated carbocycles. The van der Waals surface area contributed by atoms with Gasteiger partial charge in [-0.3, -0.25) is 0 Å². The van der Waals surface area contributed by atoms with Crippen LogP contribution < -0.4 is 10.6 Å². The molecular weight excluding hydrogens is 251 g/mol. The van der Waals surface area contributed by atoms with Crippen molar-refractivity contribution < 1.29 is 4.39 Å². The summed E-state index contributed by atoms with van der Waals surface area (Å²) < 4.78 is 12.9. The molecule has 0 saturated heterocycles. The summed E-state index contributed by atoms with van der Waals surface area (Å²) in [5.74, 6) is 0.331. The van der Waals surface area contributed by atoms with Crippen molar-refractivity contribution in [2.45, 2.75) is 26.8 Å². The minimum atomic E-state index is -0.363. The Morgan fingerprint density at radius 1 is 1.22 bits per heavy atom. The summed E-state index contributed by atoms with van der Waals surface area (Å²) in [6.45, 7) is 8.15. The normalized spacial score (nSPS) is 11.2. The van der Waals surface area contributed by atoms with E-state index in [1.54, 1.807) is 12.1 Å². The lowest BCUT2D eigenvalue weighted by molar-refractivity contribution is 0.530. The third kappa shape index (κ3) is 6.34. The second-order valence-corrected chi connectivity index (χ2v) is 5.28. The highest BCUT2D eigenvalue weighted by atomic mass is 35.5. The van der Waals surface area contributed by atoms with Gasteiger partial charge in [0.05, 0.1) is 5.02 Å². The van der Waals surface area contributed by atoms with Crippen LogP contribution in [0.15, 0.2) is 18.2 Å². The first-order chi connectivity index (χ1) is 8.59. The van der Waals surface area contributed by atoms with Crippen molar-refractivity contribution in [3.63, 3.8) is 0 Å². The molecule has 2 N–H and O–H groups in total. The molecule has 0 unspecified atom stereocenters. The standard InChI is InChI=1S/C14H22ClFN2/c1-11(2)9-17-6-3-7-18-10-12-4-5-14(16)13(15)8-12/h4-5,8,11,17-18H,3,6-7,9-10H2,1-2H3. The summed E-state index contributed by atoms with van der Waals surface area (Å²) in [6.07, 6.45) is 1.08. The second kappa shape index (κ2) is 8.46. The fraction of sp³-hybridized carbons (Fsp3) is 0.571. The van der Waals surface area contributed by atoms with Gasteiger partial charge in [-0.15, -0.1) is 0 Å². The van der Waals surface area contributed by atoms with Crippen LogP contribution in [0.4, 0.5) is 4.39 Å². The molecule has 1 rings (SSSR count). The average molecular weight is 273 g/mol. The Hall–Kier alpha value is -0.640. The molecular formula is C14H22ClFN2. The van der Waals surface area contributed by atoms with Crippen LogP contribution in [0.25, 0.3) is 0 Å². The quantitative estimate of drug-likeness (QED) is 0.710. The molecule has 0 fully saturated rings. The molecule has 0 spiro atoms. The van der Waals surface area contributed by atoms with Gasteiger partial charge >= 0.3 is 0 Å². The molecule has 0 aromatic heterocycles. The molecule has 0 atom stereocenters. The number of halogens is 2. The smallest absolute Gasteiger partial charge is 0.141 e. The van der Waals surface area contributed by atoms with Gasteiger partial charge in [-0.2, -0.15) is 0 Å². The molecule has 1 aromatic carbocycles. The van der Waals surface area contributed by atoms with E-state index in [1.807, 2.05) is 0 Å². The first-order valence-corrected chi connectivity index (χ1v) is 6.82. The first-order valence-electron chi connectivity index (χ1n) is 6.45. The minimum absolute atomic E-state index is 0.188. The van der Waals surface area contributed by atoms with Crippen molar-refractivity contribution in [3.8, 4) is 0 Å². The van der Waals surface area contributed by atoms with E-state index in [0.717, 1.165) is 38.2 Å². The number of hydrogen-bond acceptors (Lipinski definition) is 2. The predicted molar refractivity (Wildman–Crippen MR) is 75.4 cm³/mol. The predicted octanol–water partition coefficient (Wildman–Crippen LogP) is 3.20. The maximum absolute atomic E-state index is 12.9. The summed E-state index contributed by atoms with van der Waals surface area (Å²) in [4.78, 5) is 0. The molecule has 102 valence electrons. The SMILES string of the molecule is CC(C)CNCCCNCc1ccc(F)c(Cl)c1. The molecule has 0 amide bonds. The zero-order chi connectivity index (χ0) is 13.4. The van der Waals surface area contributed by atoms with Gasteiger partial charge in [-0.1, -0.05) is 31.5 Å². The molecule has 0 heterocycles. The lowest BCUT2D eigenvalue weighted by Gasteiger charge is -2.08. The molecule has 0 aliphatic heterocycles. The van der Waals surface area contributed by atoms with Crippen LogP contribution in [-0.2, 0) is 6.54 Å². The monoisotopic (exact) mass is 272 g/mol. The van der Waals surface area contributed by atoms with E-state index in [2.05, 4.69) is 24.5 Å². The van der Waals surface area contributed by atoms with Gasteiger partial charge < -0.3 is 10.6 Å². The highest BCUT2D eigenvalue weighted by Gasteiger charge is 2.00. The van der Waals surface area contributed by atoms with Crippen molar-refractivity contribution in [3.05, 3.63) is 34.6 Å².